The Bertz CT molecular complexity index is 193. The zero-order valence-electron chi connectivity index (χ0n) is 11.4. The van der Waals surface area contributed by atoms with Crippen LogP contribution in [0.5, 0.6) is 0 Å². The van der Waals surface area contributed by atoms with Crippen molar-refractivity contribution in [3.05, 3.63) is 0 Å². The molecule has 0 rings (SSSR count). The normalized spacial score (nSPS) is 13.2. The van der Waals surface area contributed by atoms with Crippen molar-refractivity contribution < 1.29 is 4.79 Å². The second-order valence-electron chi connectivity index (χ2n) is 4.86. The summed E-state index contributed by atoms with van der Waals surface area (Å²) in [6, 6.07) is 0.465. The standard InChI is InChI=1S/C12H27N3O/c1-11(15(4)5)7-8-12(16)13-9-6-10-14(2)3/h11H,6-10H2,1-5H3,(H,13,16). The van der Waals surface area contributed by atoms with Crippen LogP contribution in [0, 0.1) is 0 Å². The van der Waals surface area contributed by atoms with Crippen LogP contribution in [0.25, 0.3) is 0 Å². The molecule has 96 valence electrons. The highest BCUT2D eigenvalue weighted by atomic mass is 16.1. The van der Waals surface area contributed by atoms with Crippen LogP contribution in [0.3, 0.4) is 0 Å². The molecule has 0 aromatic heterocycles. The van der Waals surface area contributed by atoms with Gasteiger partial charge in [0.25, 0.3) is 0 Å². The molecule has 1 amide bonds. The third-order valence-electron chi connectivity index (χ3n) is 2.77. The van der Waals surface area contributed by atoms with Crippen molar-refractivity contribution in [2.75, 3.05) is 41.3 Å². The van der Waals surface area contributed by atoms with Gasteiger partial charge in [0.15, 0.2) is 0 Å². The number of nitrogens with zero attached hydrogens (tertiary/aromatic N) is 2. The van der Waals surface area contributed by atoms with Gasteiger partial charge >= 0.3 is 0 Å². The lowest BCUT2D eigenvalue weighted by Gasteiger charge is -2.19. The van der Waals surface area contributed by atoms with Crippen LogP contribution in [-0.4, -0.2) is 63.0 Å². The highest BCUT2D eigenvalue weighted by Gasteiger charge is 2.07. The van der Waals surface area contributed by atoms with E-state index in [1.165, 1.54) is 0 Å². The number of carbonyl (C=O) groups is 1. The topological polar surface area (TPSA) is 35.6 Å². The van der Waals surface area contributed by atoms with Gasteiger partial charge in [-0.15, -0.1) is 0 Å². The maximum Gasteiger partial charge on any atom is 0.220 e. The van der Waals surface area contributed by atoms with E-state index in [9.17, 15) is 4.79 Å². The van der Waals surface area contributed by atoms with Crippen molar-refractivity contribution >= 4 is 5.91 Å². The molecule has 4 nitrogen and oxygen atoms in total. The van der Waals surface area contributed by atoms with Crippen molar-refractivity contribution in [1.29, 1.82) is 0 Å². The molecule has 1 unspecified atom stereocenters. The number of hydrogen-bond acceptors (Lipinski definition) is 3. The number of amides is 1. The van der Waals surface area contributed by atoms with Crippen LogP contribution in [-0.2, 0) is 4.79 Å². The molecule has 0 aliphatic rings. The van der Waals surface area contributed by atoms with Crippen molar-refractivity contribution in [3.63, 3.8) is 0 Å². The summed E-state index contributed by atoms with van der Waals surface area (Å²) in [5, 5.41) is 2.95. The van der Waals surface area contributed by atoms with E-state index in [1.807, 2.05) is 28.2 Å². The average Bonchev–Trinajstić information content (AvgIpc) is 2.20. The second-order valence-corrected chi connectivity index (χ2v) is 4.86. The Labute approximate surface area is 100.0 Å². The summed E-state index contributed by atoms with van der Waals surface area (Å²) in [6.45, 7) is 3.95. The summed E-state index contributed by atoms with van der Waals surface area (Å²) in [7, 11) is 8.17. The summed E-state index contributed by atoms with van der Waals surface area (Å²) in [4.78, 5) is 15.7. The molecule has 0 fully saturated rings. The number of rotatable bonds is 8. The molecule has 4 heteroatoms. The minimum absolute atomic E-state index is 0.174. The molecular weight excluding hydrogens is 202 g/mol. The Kier molecular flexibility index (Phi) is 8.21. The van der Waals surface area contributed by atoms with Crippen LogP contribution in [0.15, 0.2) is 0 Å². The lowest BCUT2D eigenvalue weighted by molar-refractivity contribution is -0.121. The van der Waals surface area contributed by atoms with Gasteiger partial charge in [0, 0.05) is 19.0 Å². The van der Waals surface area contributed by atoms with Gasteiger partial charge < -0.3 is 15.1 Å². The summed E-state index contributed by atoms with van der Waals surface area (Å²) < 4.78 is 0. The van der Waals surface area contributed by atoms with E-state index in [2.05, 4.69) is 22.0 Å². The van der Waals surface area contributed by atoms with Crippen molar-refractivity contribution in [3.8, 4) is 0 Å². The zero-order chi connectivity index (χ0) is 12.6. The molecule has 0 saturated heterocycles. The highest BCUT2D eigenvalue weighted by molar-refractivity contribution is 5.75. The van der Waals surface area contributed by atoms with E-state index in [0.29, 0.717) is 12.5 Å². The van der Waals surface area contributed by atoms with Gasteiger partial charge in [-0.1, -0.05) is 0 Å². The van der Waals surface area contributed by atoms with Gasteiger partial charge in [-0.3, -0.25) is 4.79 Å². The first-order valence-electron chi connectivity index (χ1n) is 6.01. The predicted octanol–water partition coefficient (Wildman–Crippen LogP) is 0.785. The summed E-state index contributed by atoms with van der Waals surface area (Å²) in [5.74, 6) is 0.174. The summed E-state index contributed by atoms with van der Waals surface area (Å²) in [6.07, 6.45) is 2.57. The second kappa shape index (κ2) is 8.53. The molecule has 1 N–H and O–H groups in total. The lowest BCUT2D eigenvalue weighted by Crippen LogP contribution is -2.30. The molecule has 0 spiro atoms. The minimum atomic E-state index is 0.174. The van der Waals surface area contributed by atoms with Crippen LogP contribution < -0.4 is 5.32 Å². The molecule has 0 aliphatic heterocycles. The summed E-state index contributed by atoms with van der Waals surface area (Å²) in [5.41, 5.74) is 0. The molecule has 16 heavy (non-hydrogen) atoms. The van der Waals surface area contributed by atoms with E-state index in [4.69, 9.17) is 0 Å². The Morgan fingerprint density at radius 2 is 1.88 bits per heavy atom. The van der Waals surface area contributed by atoms with E-state index in [-0.39, 0.29) is 5.91 Å². The SMILES string of the molecule is CC(CCC(=O)NCCCN(C)C)N(C)C. The number of hydrogen-bond donors (Lipinski definition) is 1. The van der Waals surface area contributed by atoms with Gasteiger partial charge in [0.2, 0.25) is 5.91 Å². The summed E-state index contributed by atoms with van der Waals surface area (Å²) >= 11 is 0. The first kappa shape index (κ1) is 15.4. The zero-order valence-corrected chi connectivity index (χ0v) is 11.4. The molecule has 0 bridgehead atoms. The van der Waals surface area contributed by atoms with Crippen LogP contribution in [0.2, 0.25) is 0 Å². The maximum absolute atomic E-state index is 11.5. The average molecular weight is 229 g/mol. The van der Waals surface area contributed by atoms with Gasteiger partial charge in [-0.2, -0.15) is 0 Å². The minimum Gasteiger partial charge on any atom is -0.356 e. The smallest absolute Gasteiger partial charge is 0.220 e. The largest absolute Gasteiger partial charge is 0.356 e. The van der Waals surface area contributed by atoms with E-state index in [0.717, 1.165) is 25.9 Å². The van der Waals surface area contributed by atoms with Gasteiger partial charge in [0.1, 0.15) is 0 Å². The number of carbonyl (C=O) groups excluding carboxylic acids is 1. The molecule has 1 atom stereocenters. The molecule has 0 heterocycles. The van der Waals surface area contributed by atoms with Gasteiger partial charge in [-0.25, -0.2) is 0 Å². The Hall–Kier alpha value is -0.610. The fourth-order valence-corrected chi connectivity index (χ4v) is 1.31. The van der Waals surface area contributed by atoms with Crippen molar-refractivity contribution in [2.24, 2.45) is 0 Å². The van der Waals surface area contributed by atoms with E-state index < -0.39 is 0 Å². The van der Waals surface area contributed by atoms with E-state index in [1.54, 1.807) is 0 Å². The first-order chi connectivity index (χ1) is 7.43. The van der Waals surface area contributed by atoms with Crippen LogP contribution in [0.4, 0.5) is 0 Å². The lowest BCUT2D eigenvalue weighted by atomic mass is 10.1. The molecular formula is C12H27N3O. The quantitative estimate of drug-likeness (QED) is 0.625. The van der Waals surface area contributed by atoms with Crippen LogP contribution >= 0.6 is 0 Å². The first-order valence-corrected chi connectivity index (χ1v) is 6.01. The Morgan fingerprint density at radius 1 is 1.25 bits per heavy atom. The third kappa shape index (κ3) is 8.68. The predicted molar refractivity (Wildman–Crippen MR) is 68.6 cm³/mol. The molecule has 0 saturated carbocycles. The van der Waals surface area contributed by atoms with E-state index >= 15 is 0 Å². The fraction of sp³-hybridized carbons (Fsp3) is 0.917. The van der Waals surface area contributed by atoms with Crippen molar-refractivity contribution in [1.82, 2.24) is 15.1 Å². The maximum atomic E-state index is 11.5. The van der Waals surface area contributed by atoms with Gasteiger partial charge in [0.05, 0.1) is 0 Å². The molecule has 0 radical (unpaired) electrons. The molecule has 0 aromatic rings. The monoisotopic (exact) mass is 229 g/mol. The Morgan fingerprint density at radius 3 is 2.38 bits per heavy atom. The van der Waals surface area contributed by atoms with Gasteiger partial charge in [-0.05, 0) is 54.5 Å². The highest BCUT2D eigenvalue weighted by Crippen LogP contribution is 2.01. The van der Waals surface area contributed by atoms with Crippen molar-refractivity contribution in [2.45, 2.75) is 32.2 Å². The number of nitrogens with one attached hydrogen (secondary N) is 1. The molecule has 0 aliphatic carbocycles. The fourth-order valence-electron chi connectivity index (χ4n) is 1.31. The molecule has 0 aromatic carbocycles. The third-order valence-corrected chi connectivity index (χ3v) is 2.77. The van der Waals surface area contributed by atoms with Crippen LogP contribution in [0.1, 0.15) is 26.2 Å². The Balaban J connectivity index is 3.45.